The Balaban J connectivity index is 0.00000385. The van der Waals surface area contributed by atoms with E-state index >= 15 is 0 Å². The van der Waals surface area contributed by atoms with Crippen molar-refractivity contribution in [3.63, 3.8) is 0 Å². The van der Waals surface area contributed by atoms with Gasteiger partial charge in [-0.25, -0.2) is 4.79 Å². The van der Waals surface area contributed by atoms with E-state index in [0.29, 0.717) is 31.0 Å². The fraction of sp³-hybridized carbons (Fsp3) is 0.280. The molecule has 0 aliphatic rings. The van der Waals surface area contributed by atoms with Crippen LogP contribution in [-0.4, -0.2) is 53.9 Å². The number of carbonyl (C=O) groups is 2. The second kappa shape index (κ2) is 13.6. The molecule has 2 N–H and O–H groups in total. The number of aryl methyl sites for hydroxylation is 1. The molecule has 3 rings (SSSR count). The zero-order valence-electron chi connectivity index (χ0n) is 18.2. The van der Waals surface area contributed by atoms with E-state index in [1.807, 2.05) is 61.0 Å². The van der Waals surface area contributed by atoms with Gasteiger partial charge >= 0.3 is 24.8 Å². The Morgan fingerprint density at radius 3 is 2.52 bits per heavy atom. The van der Waals surface area contributed by atoms with Gasteiger partial charge in [0.15, 0.2) is 0 Å². The first-order valence-corrected chi connectivity index (χ1v) is 12.6. The monoisotopic (exact) mass is 477 g/mol. The van der Waals surface area contributed by atoms with Crippen LogP contribution < -0.4 is 5.32 Å². The van der Waals surface area contributed by atoms with Crippen LogP contribution in [0.4, 0.5) is 0 Å². The molecule has 33 heavy (non-hydrogen) atoms. The summed E-state index contributed by atoms with van der Waals surface area (Å²) in [5.41, 5.74) is 5.29. The molecule has 0 aliphatic heterocycles. The molecular weight excluding hydrogens is 449 g/mol. The van der Waals surface area contributed by atoms with Gasteiger partial charge in [-0.1, -0.05) is 30.3 Å². The van der Waals surface area contributed by atoms with Crippen molar-refractivity contribution in [3.8, 4) is 11.1 Å². The summed E-state index contributed by atoms with van der Waals surface area (Å²) in [5.74, 6) is -0.756. The SMILES string of the molecule is CSCCC(NC(=O)c1ccc(COCc2ccsc2)cc1-c1ccccc1C)C(=O)O.[LiH]. The molecule has 0 saturated heterocycles. The first kappa shape index (κ1) is 27.2. The summed E-state index contributed by atoms with van der Waals surface area (Å²) in [7, 11) is 0. The average molecular weight is 478 g/mol. The molecule has 1 heterocycles. The summed E-state index contributed by atoms with van der Waals surface area (Å²) in [6.45, 7) is 2.94. The van der Waals surface area contributed by atoms with Crippen molar-refractivity contribution in [2.45, 2.75) is 32.6 Å². The Kier molecular flexibility index (Phi) is 11.3. The third-order valence-corrected chi connectivity index (χ3v) is 6.47. The van der Waals surface area contributed by atoms with Crippen LogP contribution in [0.2, 0.25) is 0 Å². The normalized spacial score (nSPS) is 11.5. The topological polar surface area (TPSA) is 75.6 Å². The first-order chi connectivity index (χ1) is 15.5. The Labute approximate surface area is 215 Å². The zero-order valence-corrected chi connectivity index (χ0v) is 19.8. The number of hydrogen-bond donors (Lipinski definition) is 2. The van der Waals surface area contributed by atoms with Gasteiger partial charge in [-0.3, -0.25) is 4.79 Å². The van der Waals surface area contributed by atoms with Crippen molar-refractivity contribution in [2.75, 3.05) is 12.0 Å². The standard InChI is InChI=1S/C25H27NO4S2.Li.H/c1-17-5-3-4-6-20(17)22-13-18(14-30-15-19-9-12-32-16-19)7-8-21(22)24(27)26-23(25(28)29)10-11-31-2;;/h3-9,12-13,16,23H,10-11,14-15H2,1-2H3,(H,26,27)(H,28,29);;. The van der Waals surface area contributed by atoms with Crippen LogP contribution in [-0.2, 0) is 22.7 Å². The summed E-state index contributed by atoms with van der Waals surface area (Å²) in [5, 5.41) is 16.3. The van der Waals surface area contributed by atoms with Gasteiger partial charge in [-0.2, -0.15) is 23.1 Å². The predicted octanol–water partition coefficient (Wildman–Crippen LogP) is 4.73. The maximum atomic E-state index is 13.1. The second-order valence-corrected chi connectivity index (χ2v) is 9.23. The number of aliphatic carboxylic acids is 1. The van der Waals surface area contributed by atoms with Crippen molar-refractivity contribution >= 4 is 53.8 Å². The summed E-state index contributed by atoms with van der Waals surface area (Å²) in [6, 6.07) is 14.5. The summed E-state index contributed by atoms with van der Waals surface area (Å²) >= 11 is 3.19. The number of hydrogen-bond acceptors (Lipinski definition) is 5. The molecule has 1 unspecified atom stereocenters. The van der Waals surface area contributed by atoms with Crippen LogP contribution in [0.15, 0.2) is 59.3 Å². The molecule has 3 aromatic rings. The molecule has 170 valence electrons. The molecule has 1 amide bonds. The van der Waals surface area contributed by atoms with Crippen LogP contribution in [0, 0.1) is 6.92 Å². The van der Waals surface area contributed by atoms with Crippen molar-refractivity contribution in [3.05, 3.63) is 81.5 Å². The van der Waals surface area contributed by atoms with E-state index in [2.05, 4.69) is 10.7 Å². The Hall–Kier alpha value is -2.01. The summed E-state index contributed by atoms with van der Waals surface area (Å²) < 4.78 is 5.85. The van der Waals surface area contributed by atoms with Gasteiger partial charge in [0.1, 0.15) is 6.04 Å². The van der Waals surface area contributed by atoms with Gasteiger partial charge in [0, 0.05) is 5.56 Å². The van der Waals surface area contributed by atoms with Crippen molar-refractivity contribution in [2.24, 2.45) is 0 Å². The van der Waals surface area contributed by atoms with Crippen LogP contribution in [0.25, 0.3) is 11.1 Å². The molecule has 0 saturated carbocycles. The van der Waals surface area contributed by atoms with E-state index in [4.69, 9.17) is 4.74 Å². The Morgan fingerprint density at radius 2 is 1.85 bits per heavy atom. The number of thioether (sulfide) groups is 1. The molecule has 0 spiro atoms. The van der Waals surface area contributed by atoms with Gasteiger partial charge in [0.05, 0.1) is 13.2 Å². The minimum atomic E-state index is -1.02. The van der Waals surface area contributed by atoms with Crippen LogP contribution in [0.5, 0.6) is 0 Å². The van der Waals surface area contributed by atoms with E-state index in [1.165, 1.54) is 0 Å². The average Bonchev–Trinajstić information content (AvgIpc) is 3.30. The number of carbonyl (C=O) groups excluding carboxylic acids is 1. The third kappa shape index (κ3) is 7.77. The van der Waals surface area contributed by atoms with Crippen LogP contribution in [0.1, 0.15) is 33.5 Å². The van der Waals surface area contributed by atoms with Crippen LogP contribution in [0.3, 0.4) is 0 Å². The molecule has 1 atom stereocenters. The number of ether oxygens (including phenoxy) is 1. The third-order valence-electron chi connectivity index (χ3n) is 5.10. The van der Waals surface area contributed by atoms with E-state index in [0.717, 1.165) is 27.8 Å². The zero-order chi connectivity index (χ0) is 22.9. The van der Waals surface area contributed by atoms with E-state index < -0.39 is 12.0 Å². The van der Waals surface area contributed by atoms with E-state index in [1.54, 1.807) is 29.2 Å². The molecule has 0 radical (unpaired) electrons. The minimum absolute atomic E-state index is 0. The van der Waals surface area contributed by atoms with Gasteiger partial charge < -0.3 is 15.2 Å². The van der Waals surface area contributed by atoms with E-state index in [-0.39, 0.29) is 24.8 Å². The second-order valence-electron chi connectivity index (χ2n) is 7.47. The number of thiophene rings is 1. The van der Waals surface area contributed by atoms with Gasteiger partial charge in [0.2, 0.25) is 0 Å². The van der Waals surface area contributed by atoms with Crippen molar-refractivity contribution in [1.29, 1.82) is 0 Å². The Bertz CT molecular complexity index is 1060. The fourth-order valence-corrected chi connectivity index (χ4v) is 4.49. The van der Waals surface area contributed by atoms with Crippen LogP contribution >= 0.6 is 23.1 Å². The van der Waals surface area contributed by atoms with E-state index in [9.17, 15) is 14.7 Å². The van der Waals surface area contributed by atoms with Crippen molar-refractivity contribution < 1.29 is 19.4 Å². The summed E-state index contributed by atoms with van der Waals surface area (Å²) in [6.07, 6.45) is 2.28. The molecule has 0 aliphatic carbocycles. The molecule has 0 bridgehead atoms. The molecule has 0 fully saturated rings. The maximum absolute atomic E-state index is 13.1. The Morgan fingerprint density at radius 1 is 1.09 bits per heavy atom. The van der Waals surface area contributed by atoms with Gasteiger partial charge in [-0.05, 0) is 82.1 Å². The quantitative estimate of drug-likeness (QED) is 0.391. The van der Waals surface area contributed by atoms with Crippen molar-refractivity contribution in [1.82, 2.24) is 5.32 Å². The molecule has 8 heteroatoms. The number of carboxylic acid groups (broad SMARTS) is 1. The predicted molar refractivity (Wildman–Crippen MR) is 138 cm³/mol. The number of carboxylic acids is 1. The number of rotatable bonds is 11. The number of amides is 1. The fourth-order valence-electron chi connectivity index (χ4n) is 3.37. The molecule has 5 nitrogen and oxygen atoms in total. The first-order valence-electron chi connectivity index (χ1n) is 10.3. The summed E-state index contributed by atoms with van der Waals surface area (Å²) in [4.78, 5) is 24.7. The molecular formula is C25H28LiNO4S2. The van der Waals surface area contributed by atoms with Gasteiger partial charge in [0.25, 0.3) is 5.91 Å². The number of benzene rings is 2. The van der Waals surface area contributed by atoms with Gasteiger partial charge in [-0.15, -0.1) is 0 Å². The molecule has 1 aromatic heterocycles. The number of nitrogens with one attached hydrogen (secondary N) is 1. The molecule has 2 aromatic carbocycles.